The molecule has 0 aliphatic carbocycles. The van der Waals surface area contributed by atoms with Crippen LogP contribution in [0.25, 0.3) is 0 Å². The fourth-order valence-corrected chi connectivity index (χ4v) is 9.34. The van der Waals surface area contributed by atoms with Crippen molar-refractivity contribution in [2.75, 3.05) is 25.6 Å². The van der Waals surface area contributed by atoms with E-state index >= 15 is 0 Å². The standard InChI is InChI=1S/C50H83N3O16P2/c1-4-5-6-7-8-9-10-11-15-18-21-24-27-31-41(54)32-29-34-45(55)64-37-42(67-46(56)33-28-25-22-19-16-13-12-14-17-20-23-26-30-40(2)3)38-65-70(60,61)69-71(62,63)66-39-43-47(57)48(58)49(68-43)53-36-35-44(51)52-50(53)59/h5-6,8-9,11,15,21,24,27,31,35-36,40-43,47-49,54,57-58H,4,7,10,12-14,16-20,22-23,25-26,28-30,32-34,37-39H2,1-3H3,(H,60,61)(H,62,63)(H2,51,52,59)/b6-5-,9-8-,15-11-,24-21-,31-27+/t41?,42-,43-,47-,48-,49-/m1/s1. The number of aliphatic hydroxyl groups is 3. The van der Waals surface area contributed by atoms with Crippen LogP contribution < -0.4 is 11.4 Å². The number of hydrogen-bond acceptors (Lipinski definition) is 16. The first-order valence-corrected chi connectivity index (χ1v) is 28.3. The van der Waals surface area contributed by atoms with E-state index in [1.165, 1.54) is 57.4 Å². The molecule has 3 unspecified atom stereocenters. The Bertz CT molecular complexity index is 1960. The van der Waals surface area contributed by atoms with Crippen LogP contribution in [0.5, 0.6) is 0 Å². The number of esters is 2. The Labute approximate surface area is 420 Å². The highest BCUT2D eigenvalue weighted by Crippen LogP contribution is 2.60. The van der Waals surface area contributed by atoms with Crippen LogP contribution in [0.3, 0.4) is 0 Å². The maximum absolute atomic E-state index is 12.9. The maximum atomic E-state index is 12.9. The van der Waals surface area contributed by atoms with Crippen molar-refractivity contribution in [3.8, 4) is 0 Å². The molecule has 2 heterocycles. The lowest BCUT2D eigenvalue weighted by Crippen LogP contribution is -2.36. The van der Waals surface area contributed by atoms with Gasteiger partial charge in [0.05, 0.1) is 19.3 Å². The van der Waals surface area contributed by atoms with Crippen molar-refractivity contribution in [3.05, 3.63) is 83.5 Å². The number of nitrogen functional groups attached to an aromatic ring is 1. The van der Waals surface area contributed by atoms with Crippen molar-refractivity contribution in [2.24, 2.45) is 5.92 Å². The number of nitrogens with two attached hydrogens (primary N) is 1. The van der Waals surface area contributed by atoms with Crippen molar-refractivity contribution in [3.63, 3.8) is 0 Å². The number of anilines is 1. The number of hydrogen-bond donors (Lipinski definition) is 6. The molecular formula is C50H83N3O16P2. The highest BCUT2D eigenvalue weighted by Gasteiger charge is 2.46. The highest BCUT2D eigenvalue weighted by molar-refractivity contribution is 7.61. The Morgan fingerprint density at radius 2 is 1.32 bits per heavy atom. The van der Waals surface area contributed by atoms with Crippen LogP contribution in [0.15, 0.2) is 77.8 Å². The minimum atomic E-state index is -5.46. The van der Waals surface area contributed by atoms with Crippen LogP contribution in [0.1, 0.15) is 162 Å². The second kappa shape index (κ2) is 37.2. The van der Waals surface area contributed by atoms with Gasteiger partial charge in [-0.3, -0.25) is 23.2 Å². The third-order valence-electron chi connectivity index (χ3n) is 11.1. The number of nitrogens with zero attached hydrogens (tertiary/aromatic N) is 2. The van der Waals surface area contributed by atoms with Gasteiger partial charge in [0, 0.05) is 19.0 Å². The van der Waals surface area contributed by atoms with Gasteiger partial charge in [-0.25, -0.2) is 13.9 Å². The Morgan fingerprint density at radius 3 is 1.93 bits per heavy atom. The van der Waals surface area contributed by atoms with E-state index < -0.39 is 89.8 Å². The molecule has 1 saturated heterocycles. The Kier molecular flexibility index (Phi) is 33.3. The van der Waals surface area contributed by atoms with Gasteiger partial charge in [-0.2, -0.15) is 9.29 Å². The molecule has 1 fully saturated rings. The summed E-state index contributed by atoms with van der Waals surface area (Å²) in [5.74, 6) is -0.749. The molecule has 404 valence electrons. The van der Waals surface area contributed by atoms with Crippen LogP contribution in [-0.4, -0.2) is 96.9 Å². The minimum absolute atomic E-state index is 0.00859. The predicted octanol–water partition coefficient (Wildman–Crippen LogP) is 9.16. The summed E-state index contributed by atoms with van der Waals surface area (Å²) in [5.41, 5.74) is 4.57. The number of ether oxygens (including phenoxy) is 3. The Morgan fingerprint density at radius 1 is 0.761 bits per heavy atom. The summed E-state index contributed by atoms with van der Waals surface area (Å²) in [6, 6.07) is 1.24. The molecule has 19 nitrogen and oxygen atoms in total. The molecule has 1 aromatic rings. The van der Waals surface area contributed by atoms with E-state index in [0.717, 1.165) is 68.0 Å². The van der Waals surface area contributed by atoms with Gasteiger partial charge in [0.25, 0.3) is 0 Å². The van der Waals surface area contributed by atoms with Crippen molar-refractivity contribution in [2.45, 2.75) is 192 Å². The zero-order valence-corrected chi connectivity index (χ0v) is 43.8. The van der Waals surface area contributed by atoms with E-state index in [1.54, 1.807) is 12.2 Å². The van der Waals surface area contributed by atoms with E-state index in [9.17, 15) is 48.6 Å². The quantitative estimate of drug-likeness (QED) is 0.0117. The van der Waals surface area contributed by atoms with Crippen LogP contribution in [0, 0.1) is 5.92 Å². The molecule has 7 N–H and O–H groups in total. The molecule has 0 bridgehead atoms. The Balaban J connectivity index is 1.85. The molecule has 21 heteroatoms. The van der Waals surface area contributed by atoms with Gasteiger partial charge >= 0.3 is 33.3 Å². The zero-order chi connectivity index (χ0) is 52.3. The number of rotatable bonds is 40. The first kappa shape index (κ1) is 63.5. The topological polar surface area (TPSA) is 286 Å². The smallest absolute Gasteiger partial charge is 0.462 e. The average molecular weight is 1040 g/mol. The summed E-state index contributed by atoms with van der Waals surface area (Å²) in [6.45, 7) is 4.14. The van der Waals surface area contributed by atoms with E-state index in [2.05, 4.69) is 66.5 Å². The molecule has 0 amide bonds. The molecule has 8 atom stereocenters. The molecule has 71 heavy (non-hydrogen) atoms. The van der Waals surface area contributed by atoms with Crippen LogP contribution in [-0.2, 0) is 46.3 Å². The first-order chi connectivity index (χ1) is 33.9. The zero-order valence-electron chi connectivity index (χ0n) is 42.0. The highest BCUT2D eigenvalue weighted by atomic mass is 31.3. The third kappa shape index (κ3) is 30.9. The summed E-state index contributed by atoms with van der Waals surface area (Å²) in [5, 5.41) is 31.2. The number of carbonyl (C=O) groups is 2. The summed E-state index contributed by atoms with van der Waals surface area (Å²) < 4.78 is 56.6. The lowest BCUT2D eigenvalue weighted by Gasteiger charge is -2.21. The SMILES string of the molecule is CC/C=C\C/C=C\C/C=C\C/C=C\C=C\C(O)CCCC(=O)OC[C@H](COP(=O)(O)OP(=O)(O)OC[C@H]1O[C@@H](n2ccc(N)nc2=O)[C@H](O)[C@@H]1O)OC(=O)CCCCCCCCCCCCCCC(C)C. The fourth-order valence-electron chi connectivity index (χ4n) is 7.23. The molecule has 0 aromatic carbocycles. The van der Waals surface area contributed by atoms with Gasteiger partial charge in [-0.1, -0.05) is 159 Å². The average Bonchev–Trinajstić information content (AvgIpc) is 3.59. The Hall–Kier alpha value is -3.58. The summed E-state index contributed by atoms with van der Waals surface area (Å²) >= 11 is 0. The van der Waals surface area contributed by atoms with Gasteiger partial charge in [0.1, 0.15) is 30.7 Å². The normalized spacial score (nSPS) is 20.2. The molecular weight excluding hydrogens is 961 g/mol. The summed E-state index contributed by atoms with van der Waals surface area (Å²) in [6.07, 6.45) is 30.6. The van der Waals surface area contributed by atoms with Gasteiger partial charge < -0.3 is 45.1 Å². The number of phosphoric ester groups is 2. The van der Waals surface area contributed by atoms with E-state index in [-0.39, 0.29) is 31.5 Å². The molecule has 0 radical (unpaired) electrons. The number of carbonyl (C=O) groups excluding carboxylic acids is 2. The van der Waals surface area contributed by atoms with Crippen LogP contribution in [0.4, 0.5) is 5.82 Å². The van der Waals surface area contributed by atoms with Gasteiger partial charge in [-0.05, 0) is 56.9 Å². The monoisotopic (exact) mass is 1040 g/mol. The number of allylic oxidation sites excluding steroid dienone is 9. The largest absolute Gasteiger partial charge is 0.481 e. The maximum Gasteiger partial charge on any atom is 0.481 e. The number of aliphatic hydroxyl groups excluding tert-OH is 3. The van der Waals surface area contributed by atoms with Crippen molar-refractivity contribution >= 4 is 33.4 Å². The van der Waals surface area contributed by atoms with Crippen LogP contribution in [0.2, 0.25) is 0 Å². The molecule has 0 spiro atoms. The fraction of sp³-hybridized carbons (Fsp3) is 0.680. The summed E-state index contributed by atoms with van der Waals surface area (Å²) in [4.78, 5) is 61.9. The minimum Gasteiger partial charge on any atom is -0.462 e. The second-order valence-corrected chi connectivity index (χ2v) is 21.0. The van der Waals surface area contributed by atoms with Crippen molar-refractivity contribution < 1.29 is 71.4 Å². The number of unbranched alkanes of at least 4 members (excludes halogenated alkanes) is 11. The van der Waals surface area contributed by atoms with Crippen molar-refractivity contribution in [1.29, 1.82) is 0 Å². The predicted molar refractivity (Wildman–Crippen MR) is 271 cm³/mol. The first-order valence-electron chi connectivity index (χ1n) is 25.3. The third-order valence-corrected chi connectivity index (χ3v) is 13.8. The van der Waals surface area contributed by atoms with E-state index in [4.69, 9.17) is 29.0 Å². The molecule has 0 saturated carbocycles. The number of aromatic nitrogens is 2. The lowest BCUT2D eigenvalue weighted by molar-refractivity contribution is -0.161. The molecule has 1 aliphatic heterocycles. The van der Waals surface area contributed by atoms with E-state index in [1.807, 2.05) is 12.2 Å². The lowest BCUT2D eigenvalue weighted by atomic mass is 10.0. The van der Waals surface area contributed by atoms with Crippen molar-refractivity contribution in [1.82, 2.24) is 9.55 Å². The van der Waals surface area contributed by atoms with Gasteiger partial charge in [0.15, 0.2) is 12.3 Å². The molecule has 2 rings (SSSR count). The number of phosphoric acid groups is 2. The van der Waals surface area contributed by atoms with Gasteiger partial charge in [0.2, 0.25) is 0 Å². The second-order valence-electron chi connectivity index (χ2n) is 18.0. The van der Waals surface area contributed by atoms with E-state index in [0.29, 0.717) is 6.42 Å². The molecule has 1 aliphatic rings. The van der Waals surface area contributed by atoms with Crippen LogP contribution >= 0.6 is 15.6 Å². The summed E-state index contributed by atoms with van der Waals surface area (Å²) in [7, 11) is -10.9. The van der Waals surface area contributed by atoms with Gasteiger partial charge in [-0.15, -0.1) is 0 Å². The molecule has 1 aromatic heterocycles.